The maximum atomic E-state index is 10.6. The van der Waals surface area contributed by atoms with Gasteiger partial charge in [-0.3, -0.25) is 9.05 Å². The molecule has 15 heavy (non-hydrogen) atoms. The van der Waals surface area contributed by atoms with Gasteiger partial charge < -0.3 is 25.3 Å². The summed E-state index contributed by atoms with van der Waals surface area (Å²) in [5, 5.41) is 31.6. The van der Waals surface area contributed by atoms with Crippen molar-refractivity contribution in [3.05, 3.63) is 0 Å². The second kappa shape index (κ2) is 12.0. The fourth-order valence-electron chi connectivity index (χ4n) is 0.350. The highest BCUT2D eigenvalue weighted by Gasteiger charge is 2.19. The average Bonchev–Trinajstić information content (AvgIpc) is 2.24. The molecule has 8 nitrogen and oxygen atoms in total. The van der Waals surface area contributed by atoms with Gasteiger partial charge in [0.05, 0.1) is 39.6 Å². The number of rotatable bonds is 7. The molecule has 9 heteroatoms. The van der Waals surface area contributed by atoms with Crippen molar-refractivity contribution in [1.29, 1.82) is 0 Å². The third-order valence-electron chi connectivity index (χ3n) is 0.791. The first kappa shape index (κ1) is 17.3. The molecule has 0 aromatic rings. The number of aliphatic hydroxyl groups is 4. The largest absolute Gasteiger partial charge is 0.472 e. The van der Waals surface area contributed by atoms with E-state index in [1.54, 1.807) is 0 Å². The molecule has 0 atom stereocenters. The van der Waals surface area contributed by atoms with Gasteiger partial charge in [-0.05, 0) is 0 Å². The quantitative estimate of drug-likeness (QED) is 0.329. The van der Waals surface area contributed by atoms with Crippen molar-refractivity contribution in [3.8, 4) is 0 Å². The highest BCUT2D eigenvalue weighted by Crippen LogP contribution is 2.42. The summed E-state index contributed by atoms with van der Waals surface area (Å²) in [5.41, 5.74) is 0. The summed E-state index contributed by atoms with van der Waals surface area (Å²) in [5.74, 6) is 0. The average molecular weight is 248 g/mol. The van der Waals surface area contributed by atoms with E-state index in [0.717, 1.165) is 0 Å². The Bertz CT molecular complexity index is 149. The van der Waals surface area contributed by atoms with Crippen molar-refractivity contribution in [3.63, 3.8) is 0 Å². The van der Waals surface area contributed by atoms with Crippen LogP contribution in [0.2, 0.25) is 0 Å². The van der Waals surface area contributed by atoms with Gasteiger partial charge in [0.2, 0.25) is 0 Å². The molecule has 0 bridgehead atoms. The minimum absolute atomic E-state index is 0.125. The van der Waals surface area contributed by atoms with Crippen LogP contribution in [0.5, 0.6) is 0 Å². The highest BCUT2D eigenvalue weighted by molar-refractivity contribution is 7.47. The van der Waals surface area contributed by atoms with Crippen molar-refractivity contribution >= 4 is 7.82 Å². The molecule has 0 saturated carbocycles. The zero-order chi connectivity index (χ0) is 12.2. The predicted octanol–water partition coefficient (Wildman–Crippen LogP) is -1.92. The van der Waals surface area contributed by atoms with Crippen LogP contribution < -0.4 is 0 Å². The number of hydrogen-bond acceptors (Lipinski definition) is 7. The van der Waals surface area contributed by atoms with Gasteiger partial charge in [-0.1, -0.05) is 0 Å². The van der Waals surface area contributed by atoms with Gasteiger partial charge in [0.15, 0.2) is 0 Å². The highest BCUT2D eigenvalue weighted by atomic mass is 31.2. The number of aliphatic hydroxyl groups excluding tert-OH is 4. The zero-order valence-electron chi connectivity index (χ0n) is 8.15. The summed E-state index contributed by atoms with van der Waals surface area (Å²) in [4.78, 5) is 8.67. The molecule has 94 valence electrons. The van der Waals surface area contributed by atoms with E-state index in [2.05, 4.69) is 9.05 Å². The summed E-state index contributed by atoms with van der Waals surface area (Å²) in [7, 11) is -4.05. The van der Waals surface area contributed by atoms with Gasteiger partial charge in [-0.2, -0.15) is 0 Å². The van der Waals surface area contributed by atoms with Crippen LogP contribution >= 0.6 is 7.82 Å². The van der Waals surface area contributed by atoms with E-state index in [1.807, 2.05) is 0 Å². The molecule has 0 spiro atoms. The Morgan fingerprint density at radius 1 is 0.800 bits per heavy atom. The second-order valence-electron chi connectivity index (χ2n) is 2.03. The summed E-state index contributed by atoms with van der Waals surface area (Å²) in [6.07, 6.45) is 0. The van der Waals surface area contributed by atoms with Gasteiger partial charge in [0.1, 0.15) is 0 Å². The number of phosphoric acid groups is 1. The predicted molar refractivity (Wildman–Crippen MR) is 50.1 cm³/mol. The van der Waals surface area contributed by atoms with E-state index >= 15 is 0 Å². The SMILES string of the molecule is O=P(O)(OCCO)OCCO.OCCO. The van der Waals surface area contributed by atoms with Crippen LogP contribution in [0.4, 0.5) is 0 Å². The van der Waals surface area contributed by atoms with E-state index in [1.165, 1.54) is 0 Å². The van der Waals surface area contributed by atoms with Crippen LogP contribution in [-0.2, 0) is 13.6 Å². The van der Waals surface area contributed by atoms with Crippen molar-refractivity contribution in [1.82, 2.24) is 0 Å². The summed E-state index contributed by atoms with van der Waals surface area (Å²) in [6, 6.07) is 0. The van der Waals surface area contributed by atoms with Crippen LogP contribution in [0.1, 0.15) is 0 Å². The Kier molecular flexibility index (Phi) is 13.9. The molecule has 0 amide bonds. The third-order valence-corrected chi connectivity index (χ3v) is 1.81. The summed E-state index contributed by atoms with van der Waals surface area (Å²) in [6.45, 7) is -1.49. The van der Waals surface area contributed by atoms with Crippen LogP contribution in [0.15, 0.2) is 0 Å². The smallest absolute Gasteiger partial charge is 0.394 e. The summed E-state index contributed by atoms with van der Waals surface area (Å²) >= 11 is 0. The number of phosphoric ester groups is 1. The topological polar surface area (TPSA) is 137 Å². The Labute approximate surface area is 87.3 Å². The molecule has 5 N–H and O–H groups in total. The van der Waals surface area contributed by atoms with Crippen molar-refractivity contribution in [2.45, 2.75) is 0 Å². The molecule has 0 aromatic carbocycles. The van der Waals surface area contributed by atoms with E-state index < -0.39 is 7.82 Å². The molecule has 0 aromatic heterocycles. The Balaban J connectivity index is 0. The lowest BCUT2D eigenvalue weighted by Crippen LogP contribution is -2.02. The van der Waals surface area contributed by atoms with E-state index in [4.69, 9.17) is 25.3 Å². The van der Waals surface area contributed by atoms with Gasteiger partial charge in [0.25, 0.3) is 0 Å². The first-order chi connectivity index (χ1) is 7.04. The van der Waals surface area contributed by atoms with E-state index in [0.29, 0.717) is 0 Å². The molecule has 0 unspecified atom stereocenters. The first-order valence-electron chi connectivity index (χ1n) is 4.09. The fourth-order valence-corrected chi connectivity index (χ4v) is 1.05. The Hall–Kier alpha value is -0.0500. The molecule has 0 saturated heterocycles. The minimum atomic E-state index is -4.05. The standard InChI is InChI=1S/C4H11O6P.C2H6O2/c5-1-3-9-11(7,8)10-4-2-6;3-1-2-4/h5-6H,1-4H2,(H,7,8);3-4H,1-2H2. The van der Waals surface area contributed by atoms with Gasteiger partial charge >= 0.3 is 7.82 Å². The van der Waals surface area contributed by atoms with Crippen LogP contribution in [0.3, 0.4) is 0 Å². The lowest BCUT2D eigenvalue weighted by Gasteiger charge is -2.09. The van der Waals surface area contributed by atoms with Gasteiger partial charge in [-0.25, -0.2) is 4.57 Å². The van der Waals surface area contributed by atoms with Gasteiger partial charge in [0, 0.05) is 0 Å². The summed E-state index contributed by atoms with van der Waals surface area (Å²) < 4.78 is 19.0. The molecular weight excluding hydrogens is 231 g/mol. The lowest BCUT2D eigenvalue weighted by molar-refractivity contribution is 0.107. The molecule has 0 aliphatic carbocycles. The Morgan fingerprint density at radius 2 is 1.13 bits per heavy atom. The first-order valence-corrected chi connectivity index (χ1v) is 5.59. The van der Waals surface area contributed by atoms with Crippen molar-refractivity contribution in [2.24, 2.45) is 0 Å². The molecule has 0 aliphatic heterocycles. The Morgan fingerprint density at radius 3 is 1.33 bits per heavy atom. The minimum Gasteiger partial charge on any atom is -0.394 e. The fraction of sp³-hybridized carbons (Fsp3) is 1.00. The van der Waals surface area contributed by atoms with E-state index in [9.17, 15) is 4.57 Å². The maximum Gasteiger partial charge on any atom is 0.472 e. The molecule has 0 aliphatic rings. The van der Waals surface area contributed by atoms with Crippen LogP contribution in [0.25, 0.3) is 0 Å². The monoisotopic (exact) mass is 248 g/mol. The molecule has 0 fully saturated rings. The second-order valence-corrected chi connectivity index (χ2v) is 3.48. The molecular formula is C6H17O8P. The zero-order valence-corrected chi connectivity index (χ0v) is 9.05. The maximum absolute atomic E-state index is 10.6. The third kappa shape index (κ3) is 16.6. The van der Waals surface area contributed by atoms with Gasteiger partial charge in [-0.15, -0.1) is 0 Å². The van der Waals surface area contributed by atoms with E-state index in [-0.39, 0.29) is 39.6 Å². The molecule has 0 rings (SSSR count). The van der Waals surface area contributed by atoms with Crippen LogP contribution in [0, 0.1) is 0 Å². The lowest BCUT2D eigenvalue weighted by atomic mass is 10.8. The van der Waals surface area contributed by atoms with Crippen molar-refractivity contribution < 1.29 is 38.9 Å². The van der Waals surface area contributed by atoms with Crippen LogP contribution in [-0.4, -0.2) is 65.0 Å². The number of hydrogen-bond donors (Lipinski definition) is 5. The normalized spacial score (nSPS) is 10.7. The molecule has 0 radical (unpaired) electrons. The van der Waals surface area contributed by atoms with Crippen molar-refractivity contribution in [2.75, 3.05) is 39.6 Å². The molecule has 0 heterocycles.